The minimum absolute atomic E-state index is 0.123. The molecule has 0 heterocycles. The first-order valence-electron chi connectivity index (χ1n) is 5.75. The minimum atomic E-state index is -3.60. The van der Waals surface area contributed by atoms with Crippen molar-refractivity contribution < 1.29 is 17.2 Å². The summed E-state index contributed by atoms with van der Waals surface area (Å²) in [6.45, 7) is 1.95. The van der Waals surface area contributed by atoms with E-state index in [9.17, 15) is 17.2 Å². The van der Waals surface area contributed by atoms with Crippen molar-refractivity contribution >= 4 is 9.84 Å². The molecule has 1 unspecified atom stereocenters. The predicted molar refractivity (Wildman–Crippen MR) is 66.2 cm³/mol. The third-order valence-electron chi connectivity index (χ3n) is 2.72. The number of rotatable bonds is 6. The van der Waals surface area contributed by atoms with Crippen LogP contribution >= 0.6 is 0 Å². The Balaban J connectivity index is 2.95. The molecule has 1 aromatic carbocycles. The van der Waals surface area contributed by atoms with E-state index in [2.05, 4.69) is 5.32 Å². The maximum absolute atomic E-state index is 13.0. The van der Waals surface area contributed by atoms with Gasteiger partial charge in [0.05, 0.1) is 10.6 Å². The molecule has 0 saturated heterocycles. The van der Waals surface area contributed by atoms with Gasteiger partial charge in [-0.3, -0.25) is 0 Å². The third kappa shape index (κ3) is 3.74. The molecule has 6 heteroatoms. The summed E-state index contributed by atoms with van der Waals surface area (Å²) in [6.07, 6.45) is 1.55. The van der Waals surface area contributed by atoms with Crippen LogP contribution in [0.3, 0.4) is 0 Å². The molecule has 0 aliphatic heterocycles. The van der Waals surface area contributed by atoms with Gasteiger partial charge in [0, 0.05) is 6.04 Å². The maximum Gasteiger partial charge on any atom is 0.180 e. The molecule has 0 aromatic heterocycles. The molecular weight excluding hydrogens is 260 g/mol. The highest BCUT2D eigenvalue weighted by molar-refractivity contribution is 7.91. The van der Waals surface area contributed by atoms with Crippen LogP contribution in [0.15, 0.2) is 23.1 Å². The normalized spacial score (nSPS) is 13.6. The van der Waals surface area contributed by atoms with Crippen molar-refractivity contribution in [3.05, 3.63) is 29.8 Å². The summed E-state index contributed by atoms with van der Waals surface area (Å²) in [6, 6.07) is 2.46. The molecule has 1 aromatic rings. The van der Waals surface area contributed by atoms with Gasteiger partial charge in [0.15, 0.2) is 21.5 Å². The maximum atomic E-state index is 13.0. The van der Waals surface area contributed by atoms with E-state index in [1.807, 2.05) is 6.92 Å². The molecule has 0 aliphatic rings. The Labute approximate surface area is 106 Å². The van der Waals surface area contributed by atoms with Crippen LogP contribution in [0, 0.1) is 11.6 Å². The quantitative estimate of drug-likeness (QED) is 0.810. The number of halogens is 2. The van der Waals surface area contributed by atoms with Gasteiger partial charge in [0.25, 0.3) is 0 Å². The largest absolute Gasteiger partial charge is 0.316 e. The summed E-state index contributed by atoms with van der Waals surface area (Å²) in [5.74, 6) is -2.32. The van der Waals surface area contributed by atoms with Gasteiger partial charge in [-0.15, -0.1) is 0 Å². The topological polar surface area (TPSA) is 46.2 Å². The Morgan fingerprint density at radius 1 is 1.28 bits per heavy atom. The fourth-order valence-corrected chi connectivity index (χ4v) is 3.30. The number of sulfone groups is 1. The highest BCUT2D eigenvalue weighted by Crippen LogP contribution is 2.16. The van der Waals surface area contributed by atoms with Gasteiger partial charge in [0.2, 0.25) is 0 Å². The van der Waals surface area contributed by atoms with Crippen LogP contribution in [0.4, 0.5) is 8.78 Å². The molecular formula is C12H17F2NO2S. The second-order valence-corrected chi connectivity index (χ2v) is 6.17. The van der Waals surface area contributed by atoms with E-state index in [0.29, 0.717) is 6.42 Å². The van der Waals surface area contributed by atoms with Gasteiger partial charge < -0.3 is 5.32 Å². The van der Waals surface area contributed by atoms with Crippen LogP contribution in [0.25, 0.3) is 0 Å². The molecule has 0 fully saturated rings. The van der Waals surface area contributed by atoms with Crippen molar-refractivity contribution in [1.82, 2.24) is 5.32 Å². The third-order valence-corrected chi connectivity index (χ3v) is 4.53. The number of nitrogens with one attached hydrogen (secondary N) is 1. The van der Waals surface area contributed by atoms with E-state index in [0.717, 1.165) is 24.6 Å². The van der Waals surface area contributed by atoms with Gasteiger partial charge in [-0.2, -0.15) is 0 Å². The van der Waals surface area contributed by atoms with E-state index < -0.39 is 21.5 Å². The number of benzene rings is 1. The van der Waals surface area contributed by atoms with Crippen molar-refractivity contribution in [2.75, 3.05) is 12.8 Å². The molecule has 18 heavy (non-hydrogen) atoms. The molecule has 0 amide bonds. The van der Waals surface area contributed by atoms with Gasteiger partial charge >= 0.3 is 0 Å². The molecule has 3 nitrogen and oxygen atoms in total. The first-order chi connectivity index (χ1) is 8.40. The van der Waals surface area contributed by atoms with Crippen LogP contribution in [-0.2, 0) is 9.84 Å². The van der Waals surface area contributed by atoms with Crippen molar-refractivity contribution in [2.24, 2.45) is 0 Å². The molecule has 1 atom stereocenters. The van der Waals surface area contributed by atoms with Gasteiger partial charge in [-0.05, 0) is 31.7 Å². The summed E-state index contributed by atoms with van der Waals surface area (Å²) in [5, 5.41) is 2.91. The molecule has 0 bridgehead atoms. The molecule has 0 aliphatic carbocycles. The smallest absolute Gasteiger partial charge is 0.180 e. The van der Waals surface area contributed by atoms with E-state index >= 15 is 0 Å². The predicted octanol–water partition coefficient (Wildman–Crippen LogP) is 2.13. The number of hydrogen-bond acceptors (Lipinski definition) is 3. The Hall–Kier alpha value is -1.01. The van der Waals surface area contributed by atoms with Crippen LogP contribution in [-0.4, -0.2) is 27.3 Å². The van der Waals surface area contributed by atoms with Gasteiger partial charge in [0.1, 0.15) is 0 Å². The van der Waals surface area contributed by atoms with Crippen LogP contribution in [0.2, 0.25) is 0 Å². The van der Waals surface area contributed by atoms with E-state index in [1.54, 1.807) is 7.05 Å². The van der Waals surface area contributed by atoms with Crippen LogP contribution in [0.1, 0.15) is 19.8 Å². The number of hydrogen-bond donors (Lipinski definition) is 1. The molecule has 102 valence electrons. The highest BCUT2D eigenvalue weighted by atomic mass is 32.2. The lowest BCUT2D eigenvalue weighted by atomic mass is 10.2. The molecule has 0 radical (unpaired) electrons. The summed E-state index contributed by atoms with van der Waals surface area (Å²) >= 11 is 0. The molecule has 1 N–H and O–H groups in total. The summed E-state index contributed by atoms with van der Waals surface area (Å²) in [5.41, 5.74) is 0. The average molecular weight is 277 g/mol. The molecule has 0 spiro atoms. The lowest BCUT2D eigenvalue weighted by molar-refractivity contribution is 0.503. The Kier molecular flexibility index (Phi) is 5.22. The van der Waals surface area contributed by atoms with Crippen LogP contribution in [0.5, 0.6) is 0 Å². The zero-order valence-corrected chi connectivity index (χ0v) is 11.2. The minimum Gasteiger partial charge on any atom is -0.316 e. The molecule has 1 rings (SSSR count). The van der Waals surface area contributed by atoms with Gasteiger partial charge in [-0.1, -0.05) is 13.3 Å². The first kappa shape index (κ1) is 15.0. The zero-order chi connectivity index (χ0) is 13.8. The first-order valence-corrected chi connectivity index (χ1v) is 7.41. The van der Waals surface area contributed by atoms with Gasteiger partial charge in [-0.25, -0.2) is 17.2 Å². The Morgan fingerprint density at radius 3 is 2.44 bits per heavy atom. The Morgan fingerprint density at radius 2 is 1.94 bits per heavy atom. The lowest BCUT2D eigenvalue weighted by Crippen LogP contribution is -2.32. The van der Waals surface area contributed by atoms with Crippen LogP contribution < -0.4 is 5.32 Å². The van der Waals surface area contributed by atoms with E-state index in [1.165, 1.54) is 0 Å². The second-order valence-electron chi connectivity index (χ2n) is 4.13. The van der Waals surface area contributed by atoms with E-state index in [4.69, 9.17) is 0 Å². The summed E-state index contributed by atoms with van der Waals surface area (Å²) in [4.78, 5) is -0.183. The average Bonchev–Trinajstić information content (AvgIpc) is 2.31. The van der Waals surface area contributed by atoms with Crippen molar-refractivity contribution in [3.63, 3.8) is 0 Å². The highest BCUT2D eigenvalue weighted by Gasteiger charge is 2.21. The van der Waals surface area contributed by atoms with E-state index in [-0.39, 0.29) is 16.7 Å². The van der Waals surface area contributed by atoms with Crippen molar-refractivity contribution in [2.45, 2.75) is 30.7 Å². The van der Waals surface area contributed by atoms with Crippen molar-refractivity contribution in [3.8, 4) is 0 Å². The Bertz CT molecular complexity index is 503. The van der Waals surface area contributed by atoms with Crippen molar-refractivity contribution in [1.29, 1.82) is 0 Å². The lowest BCUT2D eigenvalue weighted by Gasteiger charge is -2.15. The zero-order valence-electron chi connectivity index (χ0n) is 10.4. The second kappa shape index (κ2) is 6.24. The summed E-state index contributed by atoms with van der Waals surface area (Å²) in [7, 11) is -1.92. The fraction of sp³-hybridized carbons (Fsp3) is 0.500. The fourth-order valence-electron chi connectivity index (χ4n) is 1.69. The molecule has 0 saturated carbocycles. The SMILES string of the molecule is CCCC(CS(=O)(=O)c1ccc(F)c(F)c1)NC. The standard InChI is InChI=1S/C12H17F2NO2S/c1-3-4-9(15-2)8-18(16,17)10-5-6-11(13)12(14)7-10/h5-7,9,15H,3-4,8H2,1-2H3. The summed E-state index contributed by atoms with van der Waals surface area (Å²) < 4.78 is 49.8. The monoisotopic (exact) mass is 277 g/mol.